The Bertz CT molecular complexity index is 473. The molecule has 128 valence electrons. The fourth-order valence-corrected chi connectivity index (χ4v) is 2.59. The minimum absolute atomic E-state index is 0.00673. The van der Waals surface area contributed by atoms with Crippen LogP contribution in [-0.2, 0) is 28.6 Å². The number of hydrogen-bond donors (Lipinski definition) is 1. The van der Waals surface area contributed by atoms with Crippen molar-refractivity contribution in [1.82, 2.24) is 10.2 Å². The first kappa shape index (κ1) is 17.4. The third-order valence-electron chi connectivity index (χ3n) is 3.81. The molecular weight excluding hydrogens is 304 g/mol. The first-order chi connectivity index (χ1) is 11.1. The predicted octanol–water partition coefficient (Wildman–Crippen LogP) is -0.762. The van der Waals surface area contributed by atoms with Crippen LogP contribution < -0.4 is 5.32 Å². The smallest absolute Gasteiger partial charge is 0.331 e. The van der Waals surface area contributed by atoms with Gasteiger partial charge in [0.05, 0.1) is 20.3 Å². The highest BCUT2D eigenvalue weighted by Crippen LogP contribution is 2.15. The molecule has 2 fully saturated rings. The van der Waals surface area contributed by atoms with E-state index >= 15 is 0 Å². The summed E-state index contributed by atoms with van der Waals surface area (Å²) in [6, 6.07) is -0.00673. The lowest BCUT2D eigenvalue weighted by Crippen LogP contribution is -2.42. The largest absolute Gasteiger partial charge is 0.466 e. The predicted molar refractivity (Wildman–Crippen MR) is 79.5 cm³/mol. The normalized spacial score (nSPS) is 24.7. The number of methoxy groups -OCH3 is 1. The number of esters is 2. The maximum absolute atomic E-state index is 12.2. The molecule has 0 spiro atoms. The van der Waals surface area contributed by atoms with Crippen LogP contribution in [0.15, 0.2) is 12.2 Å². The molecule has 1 amide bonds. The van der Waals surface area contributed by atoms with Crippen molar-refractivity contribution in [1.29, 1.82) is 0 Å². The first-order valence-corrected chi connectivity index (χ1v) is 7.64. The van der Waals surface area contributed by atoms with Crippen molar-refractivity contribution < 1.29 is 28.6 Å². The summed E-state index contributed by atoms with van der Waals surface area (Å²) in [6.45, 7) is 2.91. The second-order valence-corrected chi connectivity index (χ2v) is 5.45. The van der Waals surface area contributed by atoms with Crippen LogP contribution in [0.3, 0.4) is 0 Å². The maximum atomic E-state index is 12.2. The van der Waals surface area contributed by atoms with Gasteiger partial charge in [0.25, 0.3) is 0 Å². The number of hydrogen-bond acceptors (Lipinski definition) is 7. The molecule has 0 bridgehead atoms. The molecule has 2 rings (SSSR count). The SMILES string of the molecule is COC(=O)/C=C/C(=O)O[C@H]1CN[C@H](CC(=O)N2CCOCC2)C1. The van der Waals surface area contributed by atoms with Crippen LogP contribution in [0, 0.1) is 0 Å². The van der Waals surface area contributed by atoms with E-state index in [0.717, 1.165) is 12.2 Å². The first-order valence-electron chi connectivity index (χ1n) is 7.64. The fraction of sp³-hybridized carbons (Fsp3) is 0.667. The van der Waals surface area contributed by atoms with Crippen molar-refractivity contribution in [2.24, 2.45) is 0 Å². The van der Waals surface area contributed by atoms with Gasteiger partial charge in [0.15, 0.2) is 0 Å². The highest BCUT2D eigenvalue weighted by Gasteiger charge is 2.29. The topological polar surface area (TPSA) is 94.2 Å². The van der Waals surface area contributed by atoms with E-state index in [-0.39, 0.29) is 18.1 Å². The summed E-state index contributed by atoms with van der Waals surface area (Å²) in [4.78, 5) is 36.4. The Balaban J connectivity index is 1.71. The van der Waals surface area contributed by atoms with Crippen LogP contribution in [0.2, 0.25) is 0 Å². The molecule has 2 aliphatic heterocycles. The third-order valence-corrected chi connectivity index (χ3v) is 3.81. The molecule has 0 aromatic rings. The highest BCUT2D eigenvalue weighted by molar-refractivity contribution is 5.91. The Morgan fingerprint density at radius 3 is 2.61 bits per heavy atom. The van der Waals surface area contributed by atoms with Gasteiger partial charge in [0.2, 0.25) is 5.91 Å². The molecule has 0 aromatic carbocycles. The van der Waals surface area contributed by atoms with E-state index in [1.165, 1.54) is 7.11 Å². The van der Waals surface area contributed by atoms with E-state index in [2.05, 4.69) is 10.1 Å². The van der Waals surface area contributed by atoms with Gasteiger partial charge in [-0.3, -0.25) is 4.79 Å². The van der Waals surface area contributed by atoms with Crippen LogP contribution in [0.4, 0.5) is 0 Å². The molecule has 8 heteroatoms. The summed E-state index contributed by atoms with van der Waals surface area (Å²) in [7, 11) is 1.23. The van der Waals surface area contributed by atoms with Gasteiger partial charge in [0, 0.05) is 50.7 Å². The van der Waals surface area contributed by atoms with E-state index in [0.29, 0.717) is 45.7 Å². The molecule has 0 unspecified atom stereocenters. The van der Waals surface area contributed by atoms with Crippen LogP contribution in [0.25, 0.3) is 0 Å². The van der Waals surface area contributed by atoms with E-state index < -0.39 is 11.9 Å². The number of carbonyl (C=O) groups is 3. The summed E-state index contributed by atoms with van der Waals surface area (Å²) in [5, 5.41) is 3.19. The van der Waals surface area contributed by atoms with Gasteiger partial charge in [-0.1, -0.05) is 0 Å². The molecule has 2 atom stereocenters. The molecule has 2 heterocycles. The van der Waals surface area contributed by atoms with Crippen molar-refractivity contribution in [3.8, 4) is 0 Å². The van der Waals surface area contributed by atoms with Gasteiger partial charge in [-0.05, 0) is 0 Å². The van der Waals surface area contributed by atoms with E-state index in [1.807, 2.05) is 0 Å². The van der Waals surface area contributed by atoms with Gasteiger partial charge in [-0.25, -0.2) is 9.59 Å². The number of amides is 1. The summed E-state index contributed by atoms with van der Waals surface area (Å²) in [5.74, 6) is -1.12. The van der Waals surface area contributed by atoms with Crippen LogP contribution in [-0.4, -0.2) is 74.8 Å². The van der Waals surface area contributed by atoms with E-state index in [1.54, 1.807) is 4.90 Å². The standard InChI is InChI=1S/C15H22N2O6/c1-21-14(19)2-3-15(20)23-12-8-11(16-10-12)9-13(18)17-4-6-22-7-5-17/h2-3,11-12,16H,4-10H2,1H3/b3-2+/t11-,12+/m0/s1. The second-order valence-electron chi connectivity index (χ2n) is 5.45. The highest BCUT2D eigenvalue weighted by atomic mass is 16.5. The summed E-state index contributed by atoms with van der Waals surface area (Å²) in [5.41, 5.74) is 0. The molecule has 0 aliphatic carbocycles. The Labute approximate surface area is 134 Å². The average molecular weight is 326 g/mol. The Hall–Kier alpha value is -1.93. The van der Waals surface area contributed by atoms with Crippen molar-refractivity contribution in [3.63, 3.8) is 0 Å². The number of morpholine rings is 1. The van der Waals surface area contributed by atoms with Crippen LogP contribution in [0.5, 0.6) is 0 Å². The number of rotatable bonds is 5. The van der Waals surface area contributed by atoms with E-state index in [4.69, 9.17) is 9.47 Å². The van der Waals surface area contributed by atoms with Crippen molar-refractivity contribution in [2.45, 2.75) is 25.0 Å². The van der Waals surface area contributed by atoms with Crippen molar-refractivity contribution >= 4 is 17.8 Å². The lowest BCUT2D eigenvalue weighted by atomic mass is 10.1. The lowest BCUT2D eigenvalue weighted by Gasteiger charge is -2.27. The minimum Gasteiger partial charge on any atom is -0.466 e. The second kappa shape index (κ2) is 8.64. The average Bonchev–Trinajstić information content (AvgIpc) is 3.00. The van der Waals surface area contributed by atoms with Gasteiger partial charge in [-0.2, -0.15) is 0 Å². The van der Waals surface area contributed by atoms with Crippen LogP contribution >= 0.6 is 0 Å². The van der Waals surface area contributed by atoms with Crippen molar-refractivity contribution in [3.05, 3.63) is 12.2 Å². The zero-order valence-electron chi connectivity index (χ0n) is 13.2. The molecule has 0 aromatic heterocycles. The Kier molecular flexibility index (Phi) is 6.54. The van der Waals surface area contributed by atoms with E-state index in [9.17, 15) is 14.4 Å². The van der Waals surface area contributed by atoms with Gasteiger partial charge in [0.1, 0.15) is 6.10 Å². The molecular formula is C15H22N2O6. The number of nitrogens with zero attached hydrogens (tertiary/aromatic N) is 1. The third kappa shape index (κ3) is 5.65. The summed E-state index contributed by atoms with van der Waals surface area (Å²) in [6.07, 6.45) is 2.72. The molecule has 1 N–H and O–H groups in total. The molecule has 2 saturated heterocycles. The lowest BCUT2D eigenvalue weighted by molar-refractivity contribution is -0.143. The fourth-order valence-electron chi connectivity index (χ4n) is 2.59. The molecule has 23 heavy (non-hydrogen) atoms. The Morgan fingerprint density at radius 2 is 1.91 bits per heavy atom. The molecule has 0 saturated carbocycles. The Morgan fingerprint density at radius 1 is 1.22 bits per heavy atom. The minimum atomic E-state index is -0.611. The zero-order valence-corrected chi connectivity index (χ0v) is 13.2. The van der Waals surface area contributed by atoms with Crippen molar-refractivity contribution in [2.75, 3.05) is 40.0 Å². The number of ether oxygens (including phenoxy) is 3. The molecule has 2 aliphatic rings. The number of nitrogens with one attached hydrogen (secondary N) is 1. The van der Waals surface area contributed by atoms with Gasteiger partial charge < -0.3 is 24.4 Å². The molecule has 0 radical (unpaired) electrons. The van der Waals surface area contributed by atoms with Gasteiger partial charge in [-0.15, -0.1) is 0 Å². The van der Waals surface area contributed by atoms with Gasteiger partial charge >= 0.3 is 11.9 Å². The van der Waals surface area contributed by atoms with Crippen LogP contribution in [0.1, 0.15) is 12.8 Å². The molecule has 8 nitrogen and oxygen atoms in total. The summed E-state index contributed by atoms with van der Waals surface area (Å²) >= 11 is 0. The monoisotopic (exact) mass is 326 g/mol. The maximum Gasteiger partial charge on any atom is 0.331 e. The summed E-state index contributed by atoms with van der Waals surface area (Å²) < 4.78 is 14.8. The zero-order chi connectivity index (χ0) is 16.7. The quantitative estimate of drug-likeness (QED) is 0.524. The number of carbonyl (C=O) groups excluding carboxylic acids is 3.